The molecule has 1 aromatic rings. The first-order valence-corrected chi connectivity index (χ1v) is 11.3. The highest BCUT2D eigenvalue weighted by molar-refractivity contribution is 5.77. The Kier molecular flexibility index (Phi) is 6.45. The zero-order chi connectivity index (χ0) is 20.3. The van der Waals surface area contributed by atoms with Gasteiger partial charge in [-0.05, 0) is 87.7 Å². The quantitative estimate of drug-likeness (QED) is 0.732. The molecule has 0 aliphatic carbocycles. The molecule has 0 N–H and O–H groups in total. The SMILES string of the molecule is Cc1ccc(OCCN2CCC3(CCC(=O)N(C[C@@H]4CCCO4)C3)CC2)cc1C. The van der Waals surface area contributed by atoms with Crippen LogP contribution in [-0.4, -0.2) is 67.7 Å². The Morgan fingerprint density at radius 3 is 2.72 bits per heavy atom. The van der Waals surface area contributed by atoms with Crippen molar-refractivity contribution in [2.45, 2.75) is 58.5 Å². The van der Waals surface area contributed by atoms with E-state index in [1.54, 1.807) is 0 Å². The van der Waals surface area contributed by atoms with Crippen molar-refractivity contribution in [3.05, 3.63) is 29.3 Å². The molecule has 0 saturated carbocycles. The number of hydrogen-bond acceptors (Lipinski definition) is 4. The minimum Gasteiger partial charge on any atom is -0.492 e. The topological polar surface area (TPSA) is 42.0 Å². The zero-order valence-corrected chi connectivity index (χ0v) is 18.1. The van der Waals surface area contributed by atoms with E-state index in [4.69, 9.17) is 9.47 Å². The molecule has 160 valence electrons. The Labute approximate surface area is 175 Å². The van der Waals surface area contributed by atoms with Gasteiger partial charge in [0.2, 0.25) is 5.91 Å². The number of ether oxygens (including phenoxy) is 2. The van der Waals surface area contributed by atoms with Gasteiger partial charge in [0.05, 0.1) is 6.10 Å². The summed E-state index contributed by atoms with van der Waals surface area (Å²) in [5.74, 6) is 1.30. The van der Waals surface area contributed by atoms with Gasteiger partial charge in [-0.15, -0.1) is 0 Å². The molecule has 1 atom stereocenters. The predicted molar refractivity (Wildman–Crippen MR) is 114 cm³/mol. The number of piperidine rings is 2. The summed E-state index contributed by atoms with van der Waals surface area (Å²) < 4.78 is 11.8. The molecule has 0 unspecified atom stereocenters. The fraction of sp³-hybridized carbons (Fsp3) is 0.708. The van der Waals surface area contributed by atoms with E-state index < -0.39 is 0 Å². The van der Waals surface area contributed by atoms with Gasteiger partial charge >= 0.3 is 0 Å². The molecule has 1 aromatic carbocycles. The fourth-order valence-corrected chi connectivity index (χ4v) is 5.06. The summed E-state index contributed by atoms with van der Waals surface area (Å²) in [5, 5.41) is 0. The van der Waals surface area contributed by atoms with Gasteiger partial charge < -0.3 is 14.4 Å². The van der Waals surface area contributed by atoms with Gasteiger partial charge in [0.25, 0.3) is 0 Å². The van der Waals surface area contributed by atoms with Crippen LogP contribution < -0.4 is 4.74 Å². The standard InChI is InChI=1S/C24H36N2O3/c1-19-5-6-21(16-20(19)2)29-15-13-25-11-9-24(10-12-25)8-7-23(27)26(18-24)17-22-4-3-14-28-22/h5-6,16,22H,3-4,7-15,17-18H2,1-2H3/t22-/m0/s1. The number of likely N-dealkylation sites (tertiary alicyclic amines) is 2. The van der Waals surface area contributed by atoms with Crippen molar-refractivity contribution < 1.29 is 14.3 Å². The maximum Gasteiger partial charge on any atom is 0.222 e. The first-order valence-electron chi connectivity index (χ1n) is 11.3. The third kappa shape index (κ3) is 5.13. The van der Waals surface area contributed by atoms with Crippen LogP contribution in [0.5, 0.6) is 5.75 Å². The minimum absolute atomic E-state index is 0.261. The van der Waals surface area contributed by atoms with Crippen LogP contribution in [0.25, 0.3) is 0 Å². The van der Waals surface area contributed by atoms with Crippen LogP contribution in [0.2, 0.25) is 0 Å². The molecular weight excluding hydrogens is 364 g/mol. The molecule has 5 nitrogen and oxygen atoms in total. The number of benzene rings is 1. The summed E-state index contributed by atoms with van der Waals surface area (Å²) in [4.78, 5) is 17.1. The summed E-state index contributed by atoms with van der Waals surface area (Å²) in [7, 11) is 0. The number of carbonyl (C=O) groups excluding carboxylic acids is 1. The highest BCUT2D eigenvalue weighted by Crippen LogP contribution is 2.40. The molecule has 0 aromatic heterocycles. The van der Waals surface area contributed by atoms with Crippen LogP contribution >= 0.6 is 0 Å². The molecule has 0 radical (unpaired) electrons. The smallest absolute Gasteiger partial charge is 0.222 e. The molecule has 5 heteroatoms. The number of rotatable bonds is 6. The average Bonchev–Trinajstić information content (AvgIpc) is 3.22. The summed E-state index contributed by atoms with van der Waals surface area (Å²) in [6, 6.07) is 6.32. The Bertz CT molecular complexity index is 706. The van der Waals surface area contributed by atoms with Crippen molar-refractivity contribution in [1.82, 2.24) is 9.80 Å². The van der Waals surface area contributed by atoms with E-state index in [2.05, 4.69) is 41.8 Å². The molecule has 3 saturated heterocycles. The highest BCUT2D eigenvalue weighted by Gasteiger charge is 2.41. The monoisotopic (exact) mass is 400 g/mol. The lowest BCUT2D eigenvalue weighted by Crippen LogP contribution is -2.53. The van der Waals surface area contributed by atoms with Crippen molar-refractivity contribution in [1.29, 1.82) is 0 Å². The first kappa shape index (κ1) is 20.7. The summed E-state index contributed by atoms with van der Waals surface area (Å²) in [5.41, 5.74) is 2.90. The van der Waals surface area contributed by atoms with E-state index in [-0.39, 0.29) is 6.10 Å². The molecule has 3 heterocycles. The average molecular weight is 401 g/mol. The fourth-order valence-electron chi connectivity index (χ4n) is 5.06. The second kappa shape index (κ2) is 9.05. The van der Waals surface area contributed by atoms with Gasteiger partial charge in [-0.25, -0.2) is 0 Å². The van der Waals surface area contributed by atoms with Crippen LogP contribution in [0.15, 0.2) is 18.2 Å². The largest absolute Gasteiger partial charge is 0.492 e. The maximum atomic E-state index is 12.4. The number of nitrogens with zero attached hydrogens (tertiary/aromatic N) is 2. The number of aryl methyl sites for hydroxylation is 2. The Balaban J connectivity index is 1.22. The zero-order valence-electron chi connectivity index (χ0n) is 18.1. The van der Waals surface area contributed by atoms with Gasteiger partial charge in [-0.3, -0.25) is 9.69 Å². The van der Waals surface area contributed by atoms with E-state index >= 15 is 0 Å². The van der Waals surface area contributed by atoms with Crippen LogP contribution in [-0.2, 0) is 9.53 Å². The van der Waals surface area contributed by atoms with Crippen molar-refractivity contribution in [2.75, 3.05) is 45.9 Å². The van der Waals surface area contributed by atoms with Crippen LogP contribution in [0.4, 0.5) is 0 Å². The van der Waals surface area contributed by atoms with E-state index in [9.17, 15) is 4.79 Å². The molecule has 4 rings (SSSR count). The Hall–Kier alpha value is -1.59. The molecule has 3 aliphatic rings. The van der Waals surface area contributed by atoms with Gasteiger partial charge in [0.15, 0.2) is 0 Å². The lowest BCUT2D eigenvalue weighted by atomic mass is 9.72. The predicted octanol–water partition coefficient (Wildman–Crippen LogP) is 3.57. The van der Waals surface area contributed by atoms with E-state index in [1.165, 1.54) is 24.0 Å². The van der Waals surface area contributed by atoms with Gasteiger partial charge in [-0.2, -0.15) is 0 Å². The van der Waals surface area contributed by atoms with Gasteiger partial charge in [-0.1, -0.05) is 6.07 Å². The van der Waals surface area contributed by atoms with E-state index in [0.717, 1.165) is 70.9 Å². The van der Waals surface area contributed by atoms with Crippen molar-refractivity contribution in [2.24, 2.45) is 5.41 Å². The molecule has 3 aliphatic heterocycles. The van der Waals surface area contributed by atoms with Gasteiger partial charge in [0.1, 0.15) is 12.4 Å². The number of hydrogen-bond donors (Lipinski definition) is 0. The Morgan fingerprint density at radius 1 is 1.17 bits per heavy atom. The lowest BCUT2D eigenvalue weighted by molar-refractivity contribution is -0.141. The van der Waals surface area contributed by atoms with Gasteiger partial charge in [0, 0.05) is 32.7 Å². The Morgan fingerprint density at radius 2 is 2.00 bits per heavy atom. The van der Waals surface area contributed by atoms with Crippen molar-refractivity contribution in [3.8, 4) is 5.75 Å². The summed E-state index contributed by atoms with van der Waals surface area (Å²) in [6.45, 7) is 10.8. The number of amides is 1. The normalized spacial score (nSPS) is 25.0. The number of carbonyl (C=O) groups is 1. The summed E-state index contributed by atoms with van der Waals surface area (Å²) >= 11 is 0. The first-order chi connectivity index (χ1) is 14.0. The highest BCUT2D eigenvalue weighted by atomic mass is 16.5. The molecule has 3 fully saturated rings. The van der Waals surface area contributed by atoms with Crippen LogP contribution in [0.3, 0.4) is 0 Å². The van der Waals surface area contributed by atoms with E-state index in [1.807, 2.05) is 0 Å². The molecule has 1 amide bonds. The third-order valence-electron chi connectivity index (χ3n) is 7.27. The molecular formula is C24H36N2O3. The second-order valence-electron chi connectivity index (χ2n) is 9.35. The van der Waals surface area contributed by atoms with Crippen LogP contribution in [0.1, 0.15) is 49.7 Å². The van der Waals surface area contributed by atoms with Crippen molar-refractivity contribution in [3.63, 3.8) is 0 Å². The van der Waals surface area contributed by atoms with Crippen LogP contribution in [0, 0.1) is 19.3 Å². The molecule has 1 spiro atoms. The van der Waals surface area contributed by atoms with E-state index in [0.29, 0.717) is 17.7 Å². The maximum absolute atomic E-state index is 12.4. The third-order valence-corrected chi connectivity index (χ3v) is 7.27. The molecule has 0 bridgehead atoms. The minimum atomic E-state index is 0.261. The lowest BCUT2D eigenvalue weighted by Gasteiger charge is -2.47. The second-order valence-corrected chi connectivity index (χ2v) is 9.35. The summed E-state index contributed by atoms with van der Waals surface area (Å²) in [6.07, 6.45) is 6.64. The molecule has 29 heavy (non-hydrogen) atoms. The van der Waals surface area contributed by atoms with Crippen molar-refractivity contribution >= 4 is 5.91 Å².